The Labute approximate surface area is 110 Å². The van der Waals surface area contributed by atoms with Crippen LogP contribution in [0.15, 0.2) is 30.5 Å². The lowest BCUT2D eigenvalue weighted by Gasteiger charge is -2.08. The maximum absolute atomic E-state index is 5.97. The second kappa shape index (κ2) is 5.55. The van der Waals surface area contributed by atoms with Crippen LogP contribution in [0, 0.1) is 0 Å². The van der Waals surface area contributed by atoms with Crippen molar-refractivity contribution >= 4 is 17.5 Å². The minimum atomic E-state index is 0.296. The van der Waals surface area contributed by atoms with Crippen LogP contribution in [0.3, 0.4) is 0 Å². The Hall–Kier alpha value is -2.01. The fourth-order valence-electron chi connectivity index (χ4n) is 1.32. The number of hydrogen-bond acceptors (Lipinski definition) is 5. The first-order chi connectivity index (χ1) is 8.72. The third-order valence-electron chi connectivity index (χ3n) is 2.19. The SMILES string of the molecule is CNc1ncc(Cl)c(Oc2cccc(OC)c2)n1. The van der Waals surface area contributed by atoms with Gasteiger partial charge in [-0.2, -0.15) is 4.98 Å². The van der Waals surface area contributed by atoms with Crippen LogP contribution in [0.2, 0.25) is 5.02 Å². The summed E-state index contributed by atoms with van der Waals surface area (Å²) in [6.07, 6.45) is 1.48. The van der Waals surface area contributed by atoms with E-state index >= 15 is 0 Å². The van der Waals surface area contributed by atoms with Gasteiger partial charge < -0.3 is 14.8 Å². The molecule has 0 radical (unpaired) electrons. The van der Waals surface area contributed by atoms with Gasteiger partial charge in [0.05, 0.1) is 13.3 Å². The average molecular weight is 266 g/mol. The molecule has 0 atom stereocenters. The van der Waals surface area contributed by atoms with E-state index in [1.165, 1.54) is 6.20 Å². The normalized spacial score (nSPS) is 9.94. The van der Waals surface area contributed by atoms with Gasteiger partial charge in [-0.15, -0.1) is 0 Å². The number of ether oxygens (including phenoxy) is 2. The molecule has 0 saturated heterocycles. The van der Waals surface area contributed by atoms with Crippen molar-refractivity contribution in [1.29, 1.82) is 0 Å². The standard InChI is InChI=1S/C12H12ClN3O2/c1-14-12-15-7-10(13)11(16-12)18-9-5-3-4-8(6-9)17-2/h3-7H,1-2H3,(H,14,15,16). The largest absolute Gasteiger partial charge is 0.497 e. The molecule has 0 saturated carbocycles. The molecule has 0 unspecified atom stereocenters. The molecule has 2 rings (SSSR count). The summed E-state index contributed by atoms with van der Waals surface area (Å²) in [4.78, 5) is 8.10. The molecule has 94 valence electrons. The van der Waals surface area contributed by atoms with Crippen molar-refractivity contribution in [2.75, 3.05) is 19.5 Å². The molecule has 5 nitrogen and oxygen atoms in total. The summed E-state index contributed by atoms with van der Waals surface area (Å²) in [7, 11) is 3.31. The van der Waals surface area contributed by atoms with Gasteiger partial charge in [-0.1, -0.05) is 17.7 Å². The van der Waals surface area contributed by atoms with Crippen LogP contribution < -0.4 is 14.8 Å². The molecule has 0 aliphatic heterocycles. The predicted molar refractivity (Wildman–Crippen MR) is 69.7 cm³/mol. The summed E-state index contributed by atoms with van der Waals surface area (Å²) in [5.74, 6) is 2.03. The number of anilines is 1. The van der Waals surface area contributed by atoms with Crippen molar-refractivity contribution in [1.82, 2.24) is 9.97 Å². The van der Waals surface area contributed by atoms with Crippen molar-refractivity contribution < 1.29 is 9.47 Å². The fraction of sp³-hybridized carbons (Fsp3) is 0.167. The molecule has 1 aromatic heterocycles. The van der Waals surface area contributed by atoms with Crippen LogP contribution in [-0.2, 0) is 0 Å². The number of hydrogen-bond donors (Lipinski definition) is 1. The van der Waals surface area contributed by atoms with Gasteiger partial charge in [0, 0.05) is 13.1 Å². The number of methoxy groups -OCH3 is 1. The first kappa shape index (κ1) is 12.4. The van der Waals surface area contributed by atoms with E-state index in [4.69, 9.17) is 21.1 Å². The molecule has 0 spiro atoms. The minimum Gasteiger partial charge on any atom is -0.497 e. The zero-order chi connectivity index (χ0) is 13.0. The van der Waals surface area contributed by atoms with Crippen LogP contribution in [0.4, 0.5) is 5.95 Å². The summed E-state index contributed by atoms with van der Waals surface area (Å²) >= 11 is 5.97. The zero-order valence-electron chi connectivity index (χ0n) is 9.98. The maximum atomic E-state index is 5.97. The lowest BCUT2D eigenvalue weighted by atomic mass is 10.3. The average Bonchev–Trinajstić information content (AvgIpc) is 2.41. The van der Waals surface area contributed by atoms with E-state index in [9.17, 15) is 0 Å². The van der Waals surface area contributed by atoms with E-state index in [0.29, 0.717) is 28.3 Å². The predicted octanol–water partition coefficient (Wildman–Crippen LogP) is 2.97. The van der Waals surface area contributed by atoms with E-state index in [1.54, 1.807) is 26.3 Å². The first-order valence-corrected chi connectivity index (χ1v) is 5.63. The van der Waals surface area contributed by atoms with Crippen LogP contribution >= 0.6 is 11.6 Å². The third kappa shape index (κ3) is 2.81. The maximum Gasteiger partial charge on any atom is 0.243 e. The van der Waals surface area contributed by atoms with Crippen molar-refractivity contribution in [3.63, 3.8) is 0 Å². The Morgan fingerprint density at radius 2 is 2.06 bits per heavy atom. The number of aromatic nitrogens is 2. The summed E-state index contributed by atoms with van der Waals surface area (Å²) in [6.45, 7) is 0. The molecule has 1 heterocycles. The molecule has 0 fully saturated rings. The van der Waals surface area contributed by atoms with Gasteiger partial charge in [0.2, 0.25) is 11.8 Å². The van der Waals surface area contributed by atoms with E-state index in [2.05, 4.69) is 15.3 Å². The number of rotatable bonds is 4. The molecule has 0 aliphatic rings. The highest BCUT2D eigenvalue weighted by Crippen LogP contribution is 2.29. The highest BCUT2D eigenvalue weighted by atomic mass is 35.5. The molecule has 0 bridgehead atoms. The number of nitrogens with zero attached hydrogens (tertiary/aromatic N) is 2. The Balaban J connectivity index is 2.27. The van der Waals surface area contributed by atoms with Crippen LogP contribution in [-0.4, -0.2) is 24.1 Å². The molecule has 1 N–H and O–H groups in total. The van der Waals surface area contributed by atoms with Gasteiger partial charge in [0.25, 0.3) is 0 Å². The van der Waals surface area contributed by atoms with Crippen molar-refractivity contribution in [2.45, 2.75) is 0 Å². The zero-order valence-corrected chi connectivity index (χ0v) is 10.7. The topological polar surface area (TPSA) is 56.3 Å². The summed E-state index contributed by atoms with van der Waals surface area (Å²) in [5.41, 5.74) is 0. The second-order valence-corrected chi connectivity index (χ2v) is 3.78. The molecule has 0 amide bonds. The summed E-state index contributed by atoms with van der Waals surface area (Å²) < 4.78 is 10.7. The first-order valence-electron chi connectivity index (χ1n) is 5.25. The van der Waals surface area contributed by atoms with E-state index < -0.39 is 0 Å². The molecule has 1 aromatic carbocycles. The summed E-state index contributed by atoms with van der Waals surface area (Å²) in [6, 6.07) is 7.19. The van der Waals surface area contributed by atoms with Gasteiger partial charge in [-0.3, -0.25) is 0 Å². The lowest BCUT2D eigenvalue weighted by molar-refractivity contribution is 0.407. The van der Waals surface area contributed by atoms with E-state index in [1.807, 2.05) is 12.1 Å². The van der Waals surface area contributed by atoms with E-state index in [0.717, 1.165) is 0 Å². The van der Waals surface area contributed by atoms with Crippen molar-refractivity contribution in [2.24, 2.45) is 0 Å². The second-order valence-electron chi connectivity index (χ2n) is 3.38. The van der Waals surface area contributed by atoms with Crippen molar-refractivity contribution in [3.05, 3.63) is 35.5 Å². The van der Waals surface area contributed by atoms with Crippen LogP contribution in [0.25, 0.3) is 0 Å². The van der Waals surface area contributed by atoms with Gasteiger partial charge in [0.15, 0.2) is 0 Å². The minimum absolute atomic E-state index is 0.296. The van der Waals surface area contributed by atoms with Gasteiger partial charge >= 0.3 is 0 Å². The Morgan fingerprint density at radius 3 is 2.78 bits per heavy atom. The highest BCUT2D eigenvalue weighted by Gasteiger charge is 2.07. The lowest BCUT2D eigenvalue weighted by Crippen LogP contribution is -1.98. The highest BCUT2D eigenvalue weighted by molar-refractivity contribution is 6.31. The van der Waals surface area contributed by atoms with Gasteiger partial charge in [-0.25, -0.2) is 4.98 Å². The van der Waals surface area contributed by atoms with Crippen LogP contribution in [0.1, 0.15) is 0 Å². The molecule has 0 aliphatic carbocycles. The van der Waals surface area contributed by atoms with Gasteiger partial charge in [0.1, 0.15) is 16.5 Å². The van der Waals surface area contributed by atoms with Crippen molar-refractivity contribution in [3.8, 4) is 17.4 Å². The Morgan fingerprint density at radius 1 is 1.28 bits per heavy atom. The van der Waals surface area contributed by atoms with Crippen LogP contribution in [0.5, 0.6) is 17.4 Å². The molecule has 6 heteroatoms. The quantitative estimate of drug-likeness (QED) is 0.921. The van der Waals surface area contributed by atoms with E-state index in [-0.39, 0.29) is 0 Å². The molecule has 2 aromatic rings. The van der Waals surface area contributed by atoms with Gasteiger partial charge in [-0.05, 0) is 12.1 Å². The Kier molecular flexibility index (Phi) is 3.84. The number of halogens is 1. The molecular formula is C12H12ClN3O2. The monoisotopic (exact) mass is 265 g/mol. The fourth-order valence-corrected chi connectivity index (χ4v) is 1.45. The Bertz CT molecular complexity index is 549. The summed E-state index contributed by atoms with van der Waals surface area (Å²) in [5, 5.41) is 3.16. The smallest absolute Gasteiger partial charge is 0.243 e. The number of nitrogens with one attached hydrogen (secondary N) is 1. The molecule has 18 heavy (non-hydrogen) atoms. The third-order valence-corrected chi connectivity index (χ3v) is 2.45. The number of benzene rings is 1. The molecular weight excluding hydrogens is 254 g/mol.